The van der Waals surface area contributed by atoms with Gasteiger partial charge in [-0.3, -0.25) is 4.98 Å². The molecule has 0 aliphatic carbocycles. The Labute approximate surface area is 117 Å². The van der Waals surface area contributed by atoms with Crippen molar-refractivity contribution in [1.29, 1.82) is 0 Å². The predicted octanol–water partition coefficient (Wildman–Crippen LogP) is 0.235. The van der Waals surface area contributed by atoms with Crippen molar-refractivity contribution >= 4 is 34.6 Å². The minimum atomic E-state index is -3.64. The summed E-state index contributed by atoms with van der Waals surface area (Å²) in [4.78, 5) is 8.68. The molecule has 0 saturated carbocycles. The van der Waals surface area contributed by atoms with Crippen molar-refractivity contribution in [3.63, 3.8) is 0 Å². The van der Waals surface area contributed by atoms with Gasteiger partial charge in [0, 0.05) is 18.0 Å². The average molecular weight is 285 g/mol. The molecule has 0 fully saturated rings. The number of hydrogen-bond acceptors (Lipinski definition) is 4. The summed E-state index contributed by atoms with van der Waals surface area (Å²) in [7, 11) is -1.82. The van der Waals surface area contributed by atoms with Gasteiger partial charge in [-0.25, -0.2) is 17.4 Å². The molecule has 0 atom stereocenters. The summed E-state index contributed by atoms with van der Waals surface area (Å²) >= 11 is 0. The van der Waals surface area contributed by atoms with Gasteiger partial charge in [0.05, 0.1) is 4.90 Å². The molecule has 0 saturated heterocycles. The summed E-state index contributed by atoms with van der Waals surface area (Å²) in [6, 6.07) is 8.39. The van der Waals surface area contributed by atoms with Gasteiger partial charge in [-0.15, -0.1) is 0 Å². The third-order valence-corrected chi connectivity index (χ3v) is 4.73. The SMILES string of the molecule is Bc1cnc2c(ccn2S(=O)(=O)c2ccc(C)cc2)n1. The Kier molecular flexibility index (Phi) is 2.86. The van der Waals surface area contributed by atoms with Gasteiger partial charge in [-0.1, -0.05) is 17.7 Å². The molecular weight excluding hydrogens is 273 g/mol. The summed E-state index contributed by atoms with van der Waals surface area (Å²) in [5.74, 6) is 0. The number of aryl methyl sites for hydroxylation is 1. The summed E-state index contributed by atoms with van der Waals surface area (Å²) in [6.45, 7) is 1.91. The van der Waals surface area contributed by atoms with Crippen LogP contribution in [0.2, 0.25) is 0 Å². The topological polar surface area (TPSA) is 64.8 Å². The number of nitrogens with zero attached hydrogens (tertiary/aromatic N) is 3. The highest BCUT2D eigenvalue weighted by atomic mass is 32.2. The van der Waals surface area contributed by atoms with E-state index < -0.39 is 10.0 Å². The lowest BCUT2D eigenvalue weighted by Gasteiger charge is -2.07. The number of benzene rings is 1. The Morgan fingerprint density at radius 1 is 1.15 bits per heavy atom. The van der Waals surface area contributed by atoms with Crippen molar-refractivity contribution in [2.75, 3.05) is 0 Å². The van der Waals surface area contributed by atoms with E-state index in [-0.39, 0.29) is 4.90 Å². The van der Waals surface area contributed by atoms with Crippen LogP contribution in [-0.4, -0.2) is 30.2 Å². The van der Waals surface area contributed by atoms with Crippen LogP contribution in [0.3, 0.4) is 0 Å². The maximum atomic E-state index is 12.6. The highest BCUT2D eigenvalue weighted by molar-refractivity contribution is 7.90. The van der Waals surface area contributed by atoms with Gasteiger partial charge in [-0.2, -0.15) is 0 Å². The first-order valence-corrected chi connectivity index (χ1v) is 7.55. The molecule has 0 unspecified atom stereocenters. The second-order valence-electron chi connectivity index (χ2n) is 4.65. The van der Waals surface area contributed by atoms with Crippen LogP contribution in [0.15, 0.2) is 47.6 Å². The summed E-state index contributed by atoms with van der Waals surface area (Å²) < 4.78 is 26.4. The van der Waals surface area contributed by atoms with E-state index in [1.807, 2.05) is 14.8 Å². The Hall–Kier alpha value is -2.15. The summed E-state index contributed by atoms with van der Waals surface area (Å²) in [5.41, 5.74) is 2.68. The molecule has 3 aromatic rings. The Balaban J connectivity index is 2.21. The van der Waals surface area contributed by atoms with Crippen molar-refractivity contribution in [3.8, 4) is 0 Å². The maximum Gasteiger partial charge on any atom is 0.269 e. The molecule has 0 radical (unpaired) electrons. The van der Waals surface area contributed by atoms with Crippen LogP contribution in [0.4, 0.5) is 0 Å². The fourth-order valence-electron chi connectivity index (χ4n) is 2.00. The van der Waals surface area contributed by atoms with Crippen LogP contribution in [0.25, 0.3) is 11.2 Å². The maximum absolute atomic E-state index is 12.6. The highest BCUT2D eigenvalue weighted by Crippen LogP contribution is 2.19. The quantitative estimate of drug-likeness (QED) is 0.632. The Morgan fingerprint density at radius 2 is 1.85 bits per heavy atom. The monoisotopic (exact) mass is 285 g/mol. The number of rotatable bonds is 2. The molecule has 3 rings (SSSR count). The minimum absolute atomic E-state index is 0.239. The Morgan fingerprint density at radius 3 is 2.55 bits per heavy atom. The molecule has 0 N–H and O–H groups in total. The van der Waals surface area contributed by atoms with Crippen molar-refractivity contribution in [3.05, 3.63) is 48.3 Å². The second-order valence-corrected chi connectivity index (χ2v) is 6.46. The van der Waals surface area contributed by atoms with Crippen molar-refractivity contribution in [1.82, 2.24) is 13.9 Å². The molecule has 7 heteroatoms. The predicted molar refractivity (Wildman–Crippen MR) is 79.5 cm³/mol. The van der Waals surface area contributed by atoms with Crippen LogP contribution >= 0.6 is 0 Å². The van der Waals surface area contributed by atoms with E-state index in [1.54, 1.807) is 36.5 Å². The first kappa shape index (κ1) is 12.9. The third kappa shape index (κ3) is 2.00. The molecule has 0 amide bonds. The zero-order valence-corrected chi connectivity index (χ0v) is 11.9. The van der Waals surface area contributed by atoms with Gasteiger partial charge in [0.25, 0.3) is 10.0 Å². The standard InChI is InChI=1S/C13H12BN3O2S/c1-9-2-4-10(5-3-9)20(18,19)17-7-6-11-13(17)15-8-12(14)16-11/h2-8H,14H2,1H3. The van der Waals surface area contributed by atoms with Crippen LogP contribution in [0, 0.1) is 6.92 Å². The number of fused-ring (bicyclic) bond motifs is 1. The average Bonchev–Trinajstić information content (AvgIpc) is 2.82. The number of aromatic nitrogens is 3. The lowest BCUT2D eigenvalue weighted by molar-refractivity contribution is 0.588. The van der Waals surface area contributed by atoms with Gasteiger partial charge in [0.1, 0.15) is 5.52 Å². The fraction of sp³-hybridized carbons (Fsp3) is 0.0769. The minimum Gasteiger partial charge on any atom is -0.259 e. The fourth-order valence-corrected chi connectivity index (χ4v) is 3.29. The van der Waals surface area contributed by atoms with Crippen LogP contribution in [0.1, 0.15) is 5.56 Å². The zero-order chi connectivity index (χ0) is 14.3. The van der Waals surface area contributed by atoms with E-state index in [2.05, 4.69) is 9.97 Å². The molecule has 2 aromatic heterocycles. The smallest absolute Gasteiger partial charge is 0.259 e. The van der Waals surface area contributed by atoms with Gasteiger partial charge in [-0.05, 0) is 25.1 Å². The largest absolute Gasteiger partial charge is 0.269 e. The van der Waals surface area contributed by atoms with E-state index in [9.17, 15) is 8.42 Å². The van der Waals surface area contributed by atoms with Gasteiger partial charge >= 0.3 is 0 Å². The molecule has 2 heterocycles. The van der Waals surface area contributed by atoms with Gasteiger partial charge in [0.15, 0.2) is 13.5 Å². The first-order valence-electron chi connectivity index (χ1n) is 6.11. The van der Waals surface area contributed by atoms with Crippen molar-refractivity contribution in [2.24, 2.45) is 0 Å². The normalized spacial score (nSPS) is 11.8. The molecule has 0 spiro atoms. The lowest BCUT2D eigenvalue weighted by atomic mass is 10.1. The first-order chi connectivity index (χ1) is 9.48. The van der Waals surface area contributed by atoms with E-state index in [1.165, 1.54) is 10.2 Å². The Bertz CT molecular complexity index is 886. The van der Waals surface area contributed by atoms with Gasteiger partial charge < -0.3 is 0 Å². The summed E-state index contributed by atoms with van der Waals surface area (Å²) in [6.07, 6.45) is 3.04. The zero-order valence-electron chi connectivity index (χ0n) is 11.1. The lowest BCUT2D eigenvalue weighted by Crippen LogP contribution is -2.14. The van der Waals surface area contributed by atoms with Crippen molar-refractivity contribution in [2.45, 2.75) is 11.8 Å². The molecule has 0 aliphatic rings. The second kappa shape index (κ2) is 4.45. The number of hydrogen-bond donors (Lipinski definition) is 0. The third-order valence-electron chi connectivity index (χ3n) is 3.05. The van der Waals surface area contributed by atoms with E-state index in [4.69, 9.17) is 0 Å². The van der Waals surface area contributed by atoms with Crippen molar-refractivity contribution < 1.29 is 8.42 Å². The van der Waals surface area contributed by atoms with Crippen LogP contribution in [-0.2, 0) is 10.0 Å². The highest BCUT2D eigenvalue weighted by Gasteiger charge is 2.19. The van der Waals surface area contributed by atoms with Gasteiger partial charge in [0.2, 0.25) is 0 Å². The van der Waals surface area contributed by atoms with E-state index in [0.29, 0.717) is 11.2 Å². The van der Waals surface area contributed by atoms with E-state index >= 15 is 0 Å². The molecule has 5 nitrogen and oxygen atoms in total. The summed E-state index contributed by atoms with van der Waals surface area (Å²) in [5, 5.41) is 0. The van der Waals surface area contributed by atoms with Crippen LogP contribution < -0.4 is 5.59 Å². The molecular formula is C13H12BN3O2S. The molecule has 20 heavy (non-hydrogen) atoms. The molecule has 100 valence electrons. The molecule has 0 bridgehead atoms. The molecule has 0 aliphatic heterocycles. The molecule has 1 aromatic carbocycles. The van der Waals surface area contributed by atoms with Crippen LogP contribution in [0.5, 0.6) is 0 Å². The van der Waals surface area contributed by atoms with E-state index in [0.717, 1.165) is 11.2 Å².